The van der Waals surface area contributed by atoms with Gasteiger partial charge in [-0.2, -0.15) is 0 Å². The van der Waals surface area contributed by atoms with Gasteiger partial charge >= 0.3 is 11.9 Å². The molecular formula is C38H62O6. The number of unbranched alkanes of at least 4 members (excludes halogenated alkanes) is 6. The summed E-state index contributed by atoms with van der Waals surface area (Å²) in [6.07, 6.45) is 37.3. The summed E-state index contributed by atoms with van der Waals surface area (Å²) in [5.74, 6) is -0.114. The number of carbonyl (C=O) groups excluding carboxylic acids is 2. The van der Waals surface area contributed by atoms with Crippen LogP contribution in [-0.2, 0) is 19.1 Å². The molecule has 0 amide bonds. The van der Waals surface area contributed by atoms with Crippen molar-refractivity contribution in [3.05, 3.63) is 72.9 Å². The molecule has 0 saturated heterocycles. The highest BCUT2D eigenvalue weighted by molar-refractivity contribution is 5.70. The summed E-state index contributed by atoms with van der Waals surface area (Å²) < 4.78 is 10.4. The Balaban J connectivity index is 3.90. The van der Waals surface area contributed by atoms with E-state index >= 15 is 0 Å². The van der Waals surface area contributed by atoms with E-state index in [0.717, 1.165) is 57.3 Å². The first-order valence-electron chi connectivity index (χ1n) is 17.0. The molecule has 0 aromatic carbocycles. The van der Waals surface area contributed by atoms with Crippen molar-refractivity contribution in [1.29, 1.82) is 0 Å². The van der Waals surface area contributed by atoms with E-state index in [0.29, 0.717) is 6.42 Å². The second kappa shape index (κ2) is 31.7. The van der Waals surface area contributed by atoms with E-state index in [4.69, 9.17) is 9.47 Å². The molecule has 0 aliphatic heterocycles. The van der Waals surface area contributed by atoms with E-state index in [1.165, 1.54) is 32.1 Å². The van der Waals surface area contributed by atoms with Crippen molar-refractivity contribution >= 4 is 11.9 Å². The topological polar surface area (TPSA) is 93.1 Å². The third-order valence-corrected chi connectivity index (χ3v) is 6.81. The van der Waals surface area contributed by atoms with Gasteiger partial charge in [0, 0.05) is 12.8 Å². The molecule has 0 spiro atoms. The van der Waals surface area contributed by atoms with Crippen LogP contribution in [0.3, 0.4) is 0 Å². The van der Waals surface area contributed by atoms with Crippen LogP contribution in [0.2, 0.25) is 0 Å². The highest BCUT2D eigenvalue weighted by atomic mass is 16.6. The number of carbonyl (C=O) groups is 2. The molecule has 0 heterocycles. The maximum atomic E-state index is 12.1. The minimum atomic E-state index is -0.868. The van der Waals surface area contributed by atoms with Crippen LogP contribution in [0.1, 0.15) is 124 Å². The lowest BCUT2D eigenvalue weighted by atomic mass is 10.0. The smallest absolute Gasteiger partial charge is 0.306 e. The van der Waals surface area contributed by atoms with Crippen molar-refractivity contribution in [2.75, 3.05) is 13.2 Å². The predicted molar refractivity (Wildman–Crippen MR) is 183 cm³/mol. The molecule has 2 atom stereocenters. The Morgan fingerprint density at radius 1 is 0.659 bits per heavy atom. The lowest BCUT2D eigenvalue weighted by Gasteiger charge is -2.16. The Labute approximate surface area is 268 Å². The van der Waals surface area contributed by atoms with Crippen LogP contribution in [0.4, 0.5) is 0 Å². The molecule has 2 N–H and O–H groups in total. The Kier molecular flexibility index (Phi) is 29.8. The normalized spacial score (nSPS) is 14.0. The van der Waals surface area contributed by atoms with Gasteiger partial charge in [-0.05, 0) is 50.9 Å². The zero-order chi connectivity index (χ0) is 32.5. The summed E-state index contributed by atoms with van der Waals surface area (Å²) in [6, 6.07) is 0. The SMILES string of the molecule is CC/C=C\C/C=C\C/C=C\C/C=C\C/C=C\C=C/C(O)CCC(=O)OC[C@H](CO)OC(=O)CCCCCCCCCC(C)C. The molecule has 1 unspecified atom stereocenters. The van der Waals surface area contributed by atoms with Gasteiger partial charge in [0.05, 0.1) is 12.7 Å². The van der Waals surface area contributed by atoms with Crippen molar-refractivity contribution in [2.24, 2.45) is 5.92 Å². The average molecular weight is 615 g/mol. The minimum absolute atomic E-state index is 0.0285. The molecule has 0 radical (unpaired) electrons. The van der Waals surface area contributed by atoms with Crippen molar-refractivity contribution in [2.45, 2.75) is 136 Å². The van der Waals surface area contributed by atoms with Gasteiger partial charge in [0.2, 0.25) is 0 Å². The number of ether oxygens (including phenoxy) is 2. The third-order valence-electron chi connectivity index (χ3n) is 6.81. The van der Waals surface area contributed by atoms with E-state index in [2.05, 4.69) is 69.4 Å². The standard InChI is InChI=1S/C38H62O6/c1-4-5-6-7-8-9-10-11-12-13-14-15-16-19-22-25-28-35(40)30-31-37(41)43-33-36(32-39)44-38(42)29-26-23-20-17-18-21-24-27-34(2)3/h5-6,8-9,11-12,14-15,19,22,25,28,34-36,39-40H,4,7,10,13,16-18,20-21,23-24,26-27,29-33H2,1-3H3/b6-5-,9-8-,12-11-,15-14-,22-19-,28-25-/t35?,36-/m0/s1. The van der Waals surface area contributed by atoms with Gasteiger partial charge < -0.3 is 19.7 Å². The molecule has 0 saturated carbocycles. The van der Waals surface area contributed by atoms with Crippen LogP contribution < -0.4 is 0 Å². The summed E-state index contributed by atoms with van der Waals surface area (Å²) in [5, 5.41) is 19.6. The maximum Gasteiger partial charge on any atom is 0.306 e. The van der Waals surface area contributed by atoms with E-state index in [-0.39, 0.29) is 25.4 Å². The number of hydrogen-bond acceptors (Lipinski definition) is 6. The number of hydrogen-bond donors (Lipinski definition) is 2. The van der Waals surface area contributed by atoms with Crippen molar-refractivity contribution in [3.63, 3.8) is 0 Å². The van der Waals surface area contributed by atoms with Gasteiger partial charge in [-0.15, -0.1) is 0 Å². The van der Waals surface area contributed by atoms with Gasteiger partial charge in [-0.1, -0.05) is 139 Å². The highest BCUT2D eigenvalue weighted by Gasteiger charge is 2.16. The molecule has 0 aliphatic rings. The fraction of sp³-hybridized carbons (Fsp3) is 0.632. The molecule has 0 aromatic rings. The van der Waals surface area contributed by atoms with Crippen LogP contribution in [0.25, 0.3) is 0 Å². The number of aliphatic hydroxyl groups is 2. The molecule has 6 nitrogen and oxygen atoms in total. The first kappa shape index (κ1) is 41.3. The number of allylic oxidation sites excluding steroid dienone is 11. The molecule has 0 aliphatic carbocycles. The van der Waals surface area contributed by atoms with Crippen LogP contribution >= 0.6 is 0 Å². The van der Waals surface area contributed by atoms with Gasteiger partial charge in [-0.25, -0.2) is 0 Å². The monoisotopic (exact) mass is 614 g/mol. The fourth-order valence-electron chi connectivity index (χ4n) is 4.20. The van der Waals surface area contributed by atoms with E-state index < -0.39 is 24.8 Å². The van der Waals surface area contributed by atoms with Crippen LogP contribution in [-0.4, -0.2) is 47.6 Å². The molecule has 0 aromatic heterocycles. The van der Waals surface area contributed by atoms with Crippen LogP contribution in [0.5, 0.6) is 0 Å². The first-order valence-corrected chi connectivity index (χ1v) is 17.0. The van der Waals surface area contributed by atoms with Crippen molar-refractivity contribution < 1.29 is 29.3 Å². The second-order valence-electron chi connectivity index (χ2n) is 11.5. The zero-order valence-corrected chi connectivity index (χ0v) is 27.9. The molecule has 250 valence electrons. The lowest BCUT2D eigenvalue weighted by Crippen LogP contribution is -2.28. The van der Waals surface area contributed by atoms with Crippen LogP contribution in [0.15, 0.2) is 72.9 Å². The predicted octanol–water partition coefficient (Wildman–Crippen LogP) is 9.05. The molecule has 6 heteroatoms. The molecule has 0 bridgehead atoms. The highest BCUT2D eigenvalue weighted by Crippen LogP contribution is 2.13. The summed E-state index contributed by atoms with van der Waals surface area (Å²) in [4.78, 5) is 24.1. The largest absolute Gasteiger partial charge is 0.462 e. The number of rotatable bonds is 28. The summed E-state index contributed by atoms with van der Waals surface area (Å²) in [7, 11) is 0. The van der Waals surface area contributed by atoms with E-state index in [9.17, 15) is 19.8 Å². The second-order valence-corrected chi connectivity index (χ2v) is 11.5. The van der Waals surface area contributed by atoms with Gasteiger partial charge in [0.1, 0.15) is 6.61 Å². The summed E-state index contributed by atoms with van der Waals surface area (Å²) >= 11 is 0. The van der Waals surface area contributed by atoms with E-state index in [1.807, 2.05) is 12.2 Å². The Bertz CT molecular complexity index is 865. The van der Waals surface area contributed by atoms with Gasteiger partial charge in [0.15, 0.2) is 6.10 Å². The number of aliphatic hydroxyl groups excluding tert-OH is 2. The fourth-order valence-corrected chi connectivity index (χ4v) is 4.20. The lowest BCUT2D eigenvalue weighted by molar-refractivity contribution is -0.161. The quantitative estimate of drug-likeness (QED) is 0.0395. The molecule has 0 fully saturated rings. The van der Waals surface area contributed by atoms with Gasteiger partial charge in [0.25, 0.3) is 0 Å². The third kappa shape index (κ3) is 30.7. The Morgan fingerprint density at radius 3 is 1.77 bits per heavy atom. The first-order chi connectivity index (χ1) is 21.4. The Hall–Kier alpha value is -2.70. The van der Waals surface area contributed by atoms with Crippen LogP contribution in [0, 0.1) is 5.92 Å². The Morgan fingerprint density at radius 2 is 1.20 bits per heavy atom. The summed E-state index contributed by atoms with van der Waals surface area (Å²) in [6.45, 7) is 6.05. The summed E-state index contributed by atoms with van der Waals surface area (Å²) in [5.41, 5.74) is 0. The van der Waals surface area contributed by atoms with Gasteiger partial charge in [-0.3, -0.25) is 9.59 Å². The molecular weight excluding hydrogens is 552 g/mol. The molecule has 0 rings (SSSR count). The number of esters is 2. The zero-order valence-electron chi connectivity index (χ0n) is 27.9. The van der Waals surface area contributed by atoms with Crippen molar-refractivity contribution in [3.8, 4) is 0 Å². The van der Waals surface area contributed by atoms with Crippen molar-refractivity contribution in [1.82, 2.24) is 0 Å². The minimum Gasteiger partial charge on any atom is -0.462 e. The molecule has 44 heavy (non-hydrogen) atoms. The average Bonchev–Trinajstić information content (AvgIpc) is 3.00. The maximum absolute atomic E-state index is 12.1. The van der Waals surface area contributed by atoms with E-state index in [1.54, 1.807) is 12.2 Å².